The fourth-order valence-electron chi connectivity index (χ4n) is 4.12. The minimum Gasteiger partial charge on any atom is -0.378 e. The number of rotatable bonds is 4. The molecule has 0 unspecified atom stereocenters. The summed E-state index contributed by atoms with van der Waals surface area (Å²) in [6, 6.07) is 0. The smallest absolute Gasteiger partial charge is 0.147 e. The minimum atomic E-state index is -0.214. The van der Waals surface area contributed by atoms with Gasteiger partial charge in [-0.15, -0.1) is 17.9 Å². The van der Waals surface area contributed by atoms with Crippen LogP contribution in [0.1, 0.15) is 25.0 Å². The third-order valence-corrected chi connectivity index (χ3v) is 6.61. The second-order valence-corrected chi connectivity index (χ2v) is 9.07. The fourth-order valence-corrected chi connectivity index (χ4v) is 5.24. The van der Waals surface area contributed by atoms with E-state index in [0.717, 1.165) is 64.8 Å². The summed E-state index contributed by atoms with van der Waals surface area (Å²) >= 11 is 1.66. The summed E-state index contributed by atoms with van der Waals surface area (Å²) in [7, 11) is 0. The largest absolute Gasteiger partial charge is 0.378 e. The van der Waals surface area contributed by atoms with E-state index < -0.39 is 0 Å². The molecule has 5 rings (SSSR count). The van der Waals surface area contributed by atoms with E-state index in [1.165, 1.54) is 11.1 Å². The van der Waals surface area contributed by atoms with Gasteiger partial charge in [-0.2, -0.15) is 0 Å². The zero-order valence-corrected chi connectivity index (χ0v) is 17.6. The van der Waals surface area contributed by atoms with Crippen molar-refractivity contribution < 1.29 is 9.47 Å². The molecule has 1 saturated heterocycles. The summed E-state index contributed by atoms with van der Waals surface area (Å²) in [5.41, 5.74) is 3.26. The van der Waals surface area contributed by atoms with Crippen LogP contribution in [0, 0.1) is 0 Å². The van der Waals surface area contributed by atoms with E-state index in [2.05, 4.69) is 40.6 Å². The first-order chi connectivity index (χ1) is 14.1. The van der Waals surface area contributed by atoms with Gasteiger partial charge in [-0.1, -0.05) is 6.08 Å². The van der Waals surface area contributed by atoms with Gasteiger partial charge in [0.15, 0.2) is 0 Å². The Bertz CT molecular complexity index is 1090. The summed E-state index contributed by atoms with van der Waals surface area (Å²) in [4.78, 5) is 17.6. The highest BCUT2D eigenvalue weighted by molar-refractivity contribution is 7.26. The molecule has 1 fully saturated rings. The molecule has 1 N–H and O–H groups in total. The Balaban J connectivity index is 1.76. The van der Waals surface area contributed by atoms with E-state index in [0.29, 0.717) is 13.2 Å². The molecule has 0 amide bonds. The van der Waals surface area contributed by atoms with Crippen LogP contribution in [0.5, 0.6) is 0 Å². The van der Waals surface area contributed by atoms with E-state index in [1.807, 2.05) is 6.08 Å². The number of hydrogen-bond donors (Lipinski definition) is 1. The lowest BCUT2D eigenvalue weighted by molar-refractivity contribution is -0.0396. The molecular weight excluding hydrogens is 386 g/mol. The van der Waals surface area contributed by atoms with Crippen molar-refractivity contribution in [3.05, 3.63) is 30.1 Å². The monoisotopic (exact) mass is 411 g/mol. The maximum atomic E-state index is 6.19. The predicted molar refractivity (Wildman–Crippen MR) is 117 cm³/mol. The normalized spacial score (nSPS) is 18.8. The quantitative estimate of drug-likeness (QED) is 0.659. The molecule has 0 saturated carbocycles. The fraction of sp³-hybridized carbons (Fsp3) is 0.476. The predicted octanol–water partition coefficient (Wildman–Crippen LogP) is 3.53. The highest BCUT2D eigenvalue weighted by Crippen LogP contribution is 2.44. The molecule has 0 aromatic carbocycles. The lowest BCUT2D eigenvalue weighted by Crippen LogP contribution is -2.39. The zero-order chi connectivity index (χ0) is 20.0. The highest BCUT2D eigenvalue weighted by Gasteiger charge is 2.33. The van der Waals surface area contributed by atoms with Gasteiger partial charge in [-0.3, -0.25) is 0 Å². The molecule has 152 valence electrons. The molecule has 3 aromatic heterocycles. The van der Waals surface area contributed by atoms with Gasteiger partial charge >= 0.3 is 0 Å². The first-order valence-corrected chi connectivity index (χ1v) is 10.8. The number of aromatic nitrogens is 3. The topological polar surface area (TPSA) is 72.4 Å². The Morgan fingerprint density at radius 3 is 2.90 bits per heavy atom. The number of nitrogens with zero attached hydrogens (tertiary/aromatic N) is 4. The van der Waals surface area contributed by atoms with E-state index in [9.17, 15) is 0 Å². The van der Waals surface area contributed by atoms with Crippen LogP contribution in [0.15, 0.2) is 19.0 Å². The lowest BCUT2D eigenvalue weighted by Gasteiger charge is -2.36. The lowest BCUT2D eigenvalue weighted by atomic mass is 9.90. The molecule has 2 aliphatic heterocycles. The second kappa shape index (κ2) is 7.19. The molecule has 29 heavy (non-hydrogen) atoms. The standard InChI is InChI=1S/C21H25N5O2S/c1-4-5-22-18-17-16(23-12-24-18)15-13-10-21(2,3)28-11-14(13)19(25-20(15)29-17)26-6-8-27-9-7-26/h4,12H,1,5-11H2,2-3H3,(H,22,23,24). The van der Waals surface area contributed by atoms with Crippen molar-refractivity contribution in [2.75, 3.05) is 43.1 Å². The maximum absolute atomic E-state index is 6.19. The first kappa shape index (κ1) is 18.7. The van der Waals surface area contributed by atoms with Crippen LogP contribution in [-0.4, -0.2) is 53.4 Å². The van der Waals surface area contributed by atoms with Crippen molar-refractivity contribution in [1.82, 2.24) is 15.0 Å². The molecule has 7 nitrogen and oxygen atoms in total. The molecule has 8 heteroatoms. The van der Waals surface area contributed by atoms with E-state index in [4.69, 9.17) is 14.5 Å². The van der Waals surface area contributed by atoms with Crippen molar-refractivity contribution in [2.24, 2.45) is 0 Å². The van der Waals surface area contributed by atoms with E-state index in [1.54, 1.807) is 17.7 Å². The van der Waals surface area contributed by atoms with Crippen LogP contribution in [0.25, 0.3) is 20.4 Å². The first-order valence-electron chi connectivity index (χ1n) is 9.98. The van der Waals surface area contributed by atoms with Gasteiger partial charge < -0.3 is 19.7 Å². The van der Waals surface area contributed by atoms with Crippen molar-refractivity contribution in [3.63, 3.8) is 0 Å². The number of hydrogen-bond acceptors (Lipinski definition) is 8. The van der Waals surface area contributed by atoms with Crippen LogP contribution in [0.4, 0.5) is 11.6 Å². The summed E-state index contributed by atoms with van der Waals surface area (Å²) in [5.74, 6) is 1.87. The van der Waals surface area contributed by atoms with E-state index in [-0.39, 0.29) is 5.60 Å². The average molecular weight is 412 g/mol. The average Bonchev–Trinajstić information content (AvgIpc) is 3.11. The van der Waals surface area contributed by atoms with Crippen LogP contribution in [0.3, 0.4) is 0 Å². The Hall–Kier alpha value is -2.29. The van der Waals surface area contributed by atoms with Gasteiger partial charge in [0.25, 0.3) is 0 Å². The van der Waals surface area contributed by atoms with Gasteiger partial charge in [0, 0.05) is 37.0 Å². The van der Waals surface area contributed by atoms with Crippen LogP contribution >= 0.6 is 11.3 Å². The number of fused-ring (bicyclic) bond motifs is 5. The molecule has 0 bridgehead atoms. The Kier molecular flexibility index (Phi) is 4.64. The Morgan fingerprint density at radius 1 is 1.28 bits per heavy atom. The minimum absolute atomic E-state index is 0.214. The number of pyridine rings is 1. The van der Waals surface area contributed by atoms with Crippen molar-refractivity contribution >= 4 is 43.4 Å². The van der Waals surface area contributed by atoms with Crippen molar-refractivity contribution in [2.45, 2.75) is 32.5 Å². The number of ether oxygens (including phenoxy) is 2. The van der Waals surface area contributed by atoms with Gasteiger partial charge in [0.1, 0.15) is 22.8 Å². The Labute approximate surface area is 173 Å². The number of anilines is 2. The number of thiophene rings is 1. The summed E-state index contributed by atoms with van der Waals surface area (Å²) in [6.45, 7) is 12.5. The maximum Gasteiger partial charge on any atom is 0.147 e. The van der Waals surface area contributed by atoms with Gasteiger partial charge in [-0.05, 0) is 19.4 Å². The van der Waals surface area contributed by atoms with E-state index >= 15 is 0 Å². The number of morpholine rings is 1. The molecule has 0 radical (unpaired) electrons. The van der Waals surface area contributed by atoms with Crippen LogP contribution in [0.2, 0.25) is 0 Å². The molecule has 3 aromatic rings. The molecule has 5 heterocycles. The molecule has 2 aliphatic rings. The third-order valence-electron chi connectivity index (χ3n) is 5.53. The molecule has 0 aliphatic carbocycles. The SMILES string of the molecule is C=CCNc1ncnc2c1sc1nc(N3CCOCC3)c3c(c12)CC(C)(C)OC3. The van der Waals surface area contributed by atoms with Gasteiger partial charge in [0.2, 0.25) is 0 Å². The van der Waals surface area contributed by atoms with Crippen molar-refractivity contribution in [1.29, 1.82) is 0 Å². The van der Waals surface area contributed by atoms with Gasteiger partial charge in [-0.25, -0.2) is 15.0 Å². The van der Waals surface area contributed by atoms with Crippen LogP contribution in [-0.2, 0) is 22.5 Å². The highest BCUT2D eigenvalue weighted by atomic mass is 32.1. The molecule has 0 atom stereocenters. The van der Waals surface area contributed by atoms with Crippen LogP contribution < -0.4 is 10.2 Å². The summed E-state index contributed by atoms with van der Waals surface area (Å²) in [5, 5.41) is 4.48. The molecular formula is C21H25N5O2S. The third kappa shape index (κ3) is 3.25. The zero-order valence-electron chi connectivity index (χ0n) is 16.8. The summed E-state index contributed by atoms with van der Waals surface area (Å²) in [6.07, 6.45) is 4.30. The van der Waals surface area contributed by atoms with Crippen molar-refractivity contribution in [3.8, 4) is 0 Å². The van der Waals surface area contributed by atoms with Gasteiger partial charge in [0.05, 0.1) is 35.6 Å². The number of nitrogens with one attached hydrogen (secondary N) is 1. The summed E-state index contributed by atoms with van der Waals surface area (Å²) < 4.78 is 12.8. The second-order valence-electron chi connectivity index (χ2n) is 8.07. The Morgan fingerprint density at radius 2 is 2.10 bits per heavy atom. The molecule has 0 spiro atoms.